The first-order valence-electron chi connectivity index (χ1n) is 3.92. The van der Waals surface area contributed by atoms with Crippen LogP contribution in [0, 0.1) is 5.21 Å². The number of nitrogens with two attached hydrogens (primary N) is 1. The third-order valence-corrected chi connectivity index (χ3v) is 2.14. The molecule has 1 heterocycles. The van der Waals surface area contributed by atoms with Gasteiger partial charge >= 0.3 is 0 Å². The lowest BCUT2D eigenvalue weighted by atomic mass is 10.1. The van der Waals surface area contributed by atoms with Crippen molar-refractivity contribution in [3.8, 4) is 0 Å². The normalized spacial score (nSPS) is 13.3. The van der Waals surface area contributed by atoms with Crippen LogP contribution >= 0.6 is 11.3 Å². The Balaban J connectivity index is 2.89. The standard InChI is InChI=1S/C8H13N3OS/c1-8(2,3)11(12)4-6-5-13-7(9)10-6/h4-5H,1-3H3,(H2,9,10)/b11-4+. The number of nitrogen functional groups attached to an aromatic ring is 1. The van der Waals surface area contributed by atoms with Crippen molar-refractivity contribution in [2.75, 3.05) is 5.73 Å². The van der Waals surface area contributed by atoms with Crippen molar-refractivity contribution < 1.29 is 4.74 Å². The van der Waals surface area contributed by atoms with E-state index in [2.05, 4.69) is 4.98 Å². The maximum absolute atomic E-state index is 11.4. The fourth-order valence-electron chi connectivity index (χ4n) is 0.674. The van der Waals surface area contributed by atoms with E-state index in [9.17, 15) is 5.21 Å². The molecule has 72 valence electrons. The molecule has 1 aromatic heterocycles. The number of thiazole rings is 1. The Bertz CT molecular complexity index is 324. The van der Waals surface area contributed by atoms with Gasteiger partial charge in [-0.1, -0.05) is 0 Å². The van der Waals surface area contributed by atoms with Crippen LogP contribution in [0.15, 0.2) is 5.38 Å². The maximum atomic E-state index is 11.4. The quantitative estimate of drug-likeness (QED) is 0.322. The molecule has 0 fully saturated rings. The first-order chi connectivity index (χ1) is 5.89. The average molecular weight is 199 g/mol. The highest BCUT2D eigenvalue weighted by Gasteiger charge is 2.18. The number of aromatic nitrogens is 1. The number of hydroxylamine groups is 1. The van der Waals surface area contributed by atoms with Crippen molar-refractivity contribution in [3.63, 3.8) is 0 Å². The molecule has 0 unspecified atom stereocenters. The summed E-state index contributed by atoms with van der Waals surface area (Å²) in [5.41, 5.74) is 5.62. The van der Waals surface area contributed by atoms with E-state index in [0.29, 0.717) is 10.8 Å². The molecule has 13 heavy (non-hydrogen) atoms. The Labute approximate surface area is 81.3 Å². The fourth-order valence-corrected chi connectivity index (χ4v) is 1.19. The molecule has 0 spiro atoms. The van der Waals surface area contributed by atoms with Crippen LogP contribution < -0.4 is 5.73 Å². The molecule has 0 amide bonds. The summed E-state index contributed by atoms with van der Waals surface area (Å²) < 4.78 is 0.876. The average Bonchev–Trinajstić information content (AvgIpc) is 2.33. The third-order valence-electron chi connectivity index (χ3n) is 1.45. The van der Waals surface area contributed by atoms with Gasteiger partial charge in [0.1, 0.15) is 5.69 Å². The van der Waals surface area contributed by atoms with Crippen LogP contribution in [0.3, 0.4) is 0 Å². The van der Waals surface area contributed by atoms with Crippen molar-refractivity contribution in [1.29, 1.82) is 0 Å². The lowest BCUT2D eigenvalue weighted by Gasteiger charge is -2.17. The Morgan fingerprint density at radius 1 is 1.62 bits per heavy atom. The second kappa shape index (κ2) is 3.33. The minimum absolute atomic E-state index is 0.432. The largest absolute Gasteiger partial charge is 0.623 e. The number of hydrogen-bond acceptors (Lipinski definition) is 4. The summed E-state index contributed by atoms with van der Waals surface area (Å²) in [4.78, 5) is 3.96. The summed E-state index contributed by atoms with van der Waals surface area (Å²) in [6.07, 6.45) is 1.45. The van der Waals surface area contributed by atoms with Gasteiger partial charge in [0.15, 0.2) is 10.7 Å². The monoisotopic (exact) mass is 199 g/mol. The van der Waals surface area contributed by atoms with Gasteiger partial charge in [-0.25, -0.2) is 9.72 Å². The van der Waals surface area contributed by atoms with Gasteiger partial charge in [0.05, 0.1) is 0 Å². The van der Waals surface area contributed by atoms with E-state index >= 15 is 0 Å². The van der Waals surface area contributed by atoms with Crippen LogP contribution in [0.25, 0.3) is 0 Å². The second-order valence-electron chi connectivity index (χ2n) is 3.74. The van der Waals surface area contributed by atoms with Crippen molar-refractivity contribution in [2.45, 2.75) is 26.3 Å². The van der Waals surface area contributed by atoms with E-state index in [-0.39, 0.29) is 0 Å². The van der Waals surface area contributed by atoms with Crippen LogP contribution in [0.1, 0.15) is 26.5 Å². The molecule has 0 saturated heterocycles. The highest BCUT2D eigenvalue weighted by molar-refractivity contribution is 7.13. The van der Waals surface area contributed by atoms with Crippen LogP contribution in [0.2, 0.25) is 0 Å². The van der Waals surface area contributed by atoms with Gasteiger partial charge in [0.25, 0.3) is 0 Å². The SMILES string of the molecule is CC(C)(C)/[N+]([O-])=C\c1csc(N)n1. The highest BCUT2D eigenvalue weighted by Crippen LogP contribution is 2.10. The molecule has 0 aromatic carbocycles. The van der Waals surface area contributed by atoms with Crippen molar-refractivity contribution in [1.82, 2.24) is 4.98 Å². The lowest BCUT2D eigenvalue weighted by molar-refractivity contribution is -0.530. The number of hydrogen-bond donors (Lipinski definition) is 1. The molecule has 0 aliphatic carbocycles. The van der Waals surface area contributed by atoms with Crippen molar-refractivity contribution in [3.05, 3.63) is 16.3 Å². The summed E-state index contributed by atoms with van der Waals surface area (Å²) in [5, 5.41) is 13.7. The molecule has 4 nitrogen and oxygen atoms in total. The van der Waals surface area contributed by atoms with Gasteiger partial charge in [-0.05, 0) is 0 Å². The van der Waals surface area contributed by atoms with Gasteiger partial charge in [0, 0.05) is 26.2 Å². The zero-order valence-corrected chi connectivity index (χ0v) is 8.76. The number of nitrogens with zero attached hydrogens (tertiary/aromatic N) is 2. The summed E-state index contributed by atoms with van der Waals surface area (Å²) in [6.45, 7) is 5.52. The molecule has 0 aliphatic rings. The molecule has 0 radical (unpaired) electrons. The zero-order chi connectivity index (χ0) is 10.1. The molecule has 1 rings (SSSR count). The van der Waals surface area contributed by atoms with Crippen molar-refractivity contribution >= 4 is 22.7 Å². The summed E-state index contributed by atoms with van der Waals surface area (Å²) in [7, 11) is 0. The lowest BCUT2D eigenvalue weighted by Crippen LogP contribution is -2.29. The second-order valence-corrected chi connectivity index (χ2v) is 4.63. The third kappa shape index (κ3) is 2.69. The predicted molar refractivity (Wildman–Crippen MR) is 55.1 cm³/mol. The fraction of sp³-hybridized carbons (Fsp3) is 0.500. The Hall–Kier alpha value is -1.10. The van der Waals surface area contributed by atoms with E-state index in [1.54, 1.807) is 5.38 Å². The number of anilines is 1. The molecule has 0 saturated carbocycles. The van der Waals surface area contributed by atoms with E-state index in [1.165, 1.54) is 17.6 Å². The van der Waals surface area contributed by atoms with Gasteiger partial charge in [-0.15, -0.1) is 11.3 Å². The van der Waals surface area contributed by atoms with Crippen LogP contribution in [-0.4, -0.2) is 21.5 Å². The molecule has 0 bridgehead atoms. The van der Waals surface area contributed by atoms with Crippen LogP contribution in [0.4, 0.5) is 5.13 Å². The molecular weight excluding hydrogens is 186 g/mol. The molecule has 1 aromatic rings. The minimum Gasteiger partial charge on any atom is -0.623 e. The van der Waals surface area contributed by atoms with Gasteiger partial charge in [0.2, 0.25) is 6.21 Å². The van der Waals surface area contributed by atoms with Crippen LogP contribution in [0.5, 0.6) is 0 Å². The Morgan fingerprint density at radius 2 is 2.23 bits per heavy atom. The van der Waals surface area contributed by atoms with Gasteiger partial charge in [-0.2, -0.15) is 0 Å². The van der Waals surface area contributed by atoms with E-state index in [4.69, 9.17) is 5.73 Å². The molecule has 0 aliphatic heterocycles. The maximum Gasteiger partial charge on any atom is 0.201 e. The Morgan fingerprint density at radius 3 is 2.62 bits per heavy atom. The smallest absolute Gasteiger partial charge is 0.201 e. The van der Waals surface area contributed by atoms with E-state index < -0.39 is 5.54 Å². The highest BCUT2D eigenvalue weighted by atomic mass is 32.1. The summed E-state index contributed by atoms with van der Waals surface area (Å²) in [5.74, 6) is 0. The van der Waals surface area contributed by atoms with Crippen molar-refractivity contribution in [2.24, 2.45) is 0 Å². The molecule has 5 heteroatoms. The molecular formula is C8H13N3OS. The summed E-state index contributed by atoms with van der Waals surface area (Å²) >= 11 is 1.33. The van der Waals surface area contributed by atoms with E-state index in [0.717, 1.165) is 4.74 Å². The predicted octanol–water partition coefficient (Wildman–Crippen LogP) is 1.45. The van der Waals surface area contributed by atoms with Gasteiger partial charge < -0.3 is 10.9 Å². The molecule has 2 N–H and O–H groups in total. The van der Waals surface area contributed by atoms with Gasteiger partial charge in [-0.3, -0.25) is 0 Å². The number of rotatable bonds is 1. The topological polar surface area (TPSA) is 65.0 Å². The van der Waals surface area contributed by atoms with Crippen LogP contribution in [-0.2, 0) is 0 Å². The minimum atomic E-state index is -0.432. The summed E-state index contributed by atoms with van der Waals surface area (Å²) in [6, 6.07) is 0. The first-order valence-corrected chi connectivity index (χ1v) is 4.80. The zero-order valence-electron chi connectivity index (χ0n) is 7.94. The Kier molecular flexibility index (Phi) is 2.56. The molecule has 0 atom stereocenters. The first kappa shape index (κ1) is 9.98. The van der Waals surface area contributed by atoms with E-state index in [1.807, 2.05) is 20.8 Å².